The lowest BCUT2D eigenvalue weighted by Crippen LogP contribution is -2.12. The first kappa shape index (κ1) is 10.3. The molecule has 1 aromatic rings. The SMILES string of the molecule is O=C1Nc2c(Br)cc(Br)c(Br)c2C1=O. The van der Waals surface area contributed by atoms with E-state index in [4.69, 9.17) is 0 Å². The molecule has 1 heterocycles. The zero-order chi connectivity index (χ0) is 10.5. The Balaban J connectivity index is 2.80. The van der Waals surface area contributed by atoms with Crippen LogP contribution in [0.2, 0.25) is 0 Å². The molecule has 3 nitrogen and oxygen atoms in total. The summed E-state index contributed by atoms with van der Waals surface area (Å²) in [6.45, 7) is 0. The molecule has 0 bridgehead atoms. The van der Waals surface area contributed by atoms with Crippen LogP contribution < -0.4 is 5.32 Å². The van der Waals surface area contributed by atoms with E-state index >= 15 is 0 Å². The quantitative estimate of drug-likeness (QED) is 0.552. The molecule has 0 saturated heterocycles. The molecule has 0 fully saturated rings. The molecule has 1 aliphatic heterocycles. The lowest BCUT2D eigenvalue weighted by atomic mass is 10.1. The minimum absolute atomic E-state index is 0.372. The van der Waals surface area contributed by atoms with E-state index in [9.17, 15) is 9.59 Å². The average molecular weight is 384 g/mol. The summed E-state index contributed by atoms with van der Waals surface area (Å²) in [5.74, 6) is -1.12. The van der Waals surface area contributed by atoms with E-state index in [1.807, 2.05) is 0 Å². The molecule has 0 saturated carbocycles. The standard InChI is InChI=1S/C8H2Br3NO2/c9-2-1-3(10)6-4(5(2)11)7(13)8(14)12-6/h1H,(H,12,13,14). The lowest BCUT2D eigenvalue weighted by molar-refractivity contribution is -0.112. The lowest BCUT2D eigenvalue weighted by Gasteiger charge is -2.04. The summed E-state index contributed by atoms with van der Waals surface area (Å²) >= 11 is 9.80. The predicted molar refractivity (Wildman–Crippen MR) is 62.5 cm³/mol. The van der Waals surface area contributed by atoms with Crippen LogP contribution in [-0.4, -0.2) is 11.7 Å². The Hall–Kier alpha value is -0.200. The first-order valence-electron chi connectivity index (χ1n) is 3.55. The van der Waals surface area contributed by atoms with Gasteiger partial charge >= 0.3 is 0 Å². The number of fused-ring (bicyclic) bond motifs is 1. The molecular formula is C8H2Br3NO2. The van der Waals surface area contributed by atoms with E-state index in [0.29, 0.717) is 20.2 Å². The third-order valence-corrected chi connectivity index (χ3v) is 4.45. The normalized spacial score (nSPS) is 14.2. The molecule has 72 valence electrons. The molecule has 0 spiro atoms. The number of Topliss-reactive ketones (excluding diaryl/α,β-unsaturated/α-hetero) is 1. The van der Waals surface area contributed by atoms with Gasteiger partial charge in [0.05, 0.1) is 11.3 Å². The molecule has 0 radical (unpaired) electrons. The summed E-state index contributed by atoms with van der Waals surface area (Å²) in [4.78, 5) is 22.6. The molecule has 1 aliphatic rings. The van der Waals surface area contributed by atoms with Gasteiger partial charge in [0.1, 0.15) is 0 Å². The Bertz CT molecular complexity index is 470. The number of hydrogen-bond acceptors (Lipinski definition) is 2. The number of carbonyl (C=O) groups is 2. The highest BCUT2D eigenvalue weighted by molar-refractivity contribution is 9.13. The molecule has 0 aliphatic carbocycles. The van der Waals surface area contributed by atoms with Crippen molar-refractivity contribution in [3.05, 3.63) is 25.0 Å². The van der Waals surface area contributed by atoms with Gasteiger partial charge in [-0.05, 0) is 53.9 Å². The van der Waals surface area contributed by atoms with Crippen LogP contribution in [0, 0.1) is 0 Å². The Morgan fingerprint density at radius 2 is 1.71 bits per heavy atom. The number of amides is 1. The maximum absolute atomic E-state index is 11.4. The van der Waals surface area contributed by atoms with E-state index in [2.05, 4.69) is 53.1 Å². The number of hydrogen-bond donors (Lipinski definition) is 1. The molecule has 2 rings (SSSR count). The fourth-order valence-electron chi connectivity index (χ4n) is 1.21. The van der Waals surface area contributed by atoms with Crippen molar-refractivity contribution in [3.63, 3.8) is 0 Å². The highest BCUT2D eigenvalue weighted by Gasteiger charge is 2.32. The number of ketones is 1. The second-order valence-corrected chi connectivity index (χ2v) is 5.19. The van der Waals surface area contributed by atoms with E-state index < -0.39 is 11.7 Å². The van der Waals surface area contributed by atoms with Gasteiger partial charge in [-0.1, -0.05) is 0 Å². The number of carbonyl (C=O) groups excluding carboxylic acids is 2. The van der Waals surface area contributed by atoms with Crippen molar-refractivity contribution >= 4 is 65.2 Å². The van der Waals surface area contributed by atoms with Gasteiger partial charge in [-0.25, -0.2) is 0 Å². The third-order valence-electron chi connectivity index (χ3n) is 1.84. The Labute approximate surface area is 105 Å². The van der Waals surface area contributed by atoms with Crippen LogP contribution >= 0.6 is 47.8 Å². The molecule has 1 aromatic carbocycles. The molecular weight excluding hydrogens is 382 g/mol. The largest absolute Gasteiger partial charge is 0.317 e. The second kappa shape index (κ2) is 3.43. The number of anilines is 1. The van der Waals surface area contributed by atoms with Crippen LogP contribution in [0.25, 0.3) is 0 Å². The summed E-state index contributed by atoms with van der Waals surface area (Å²) in [7, 11) is 0. The van der Waals surface area contributed by atoms with Crippen molar-refractivity contribution in [2.24, 2.45) is 0 Å². The number of benzene rings is 1. The number of nitrogens with one attached hydrogen (secondary N) is 1. The highest BCUT2D eigenvalue weighted by Crippen LogP contribution is 2.40. The predicted octanol–water partition coefficient (Wildman–Crippen LogP) is 3.11. The highest BCUT2D eigenvalue weighted by atomic mass is 79.9. The van der Waals surface area contributed by atoms with E-state index in [-0.39, 0.29) is 0 Å². The fraction of sp³-hybridized carbons (Fsp3) is 0. The molecule has 1 N–H and O–H groups in total. The molecule has 0 aromatic heterocycles. The van der Waals surface area contributed by atoms with Gasteiger partial charge in [0.2, 0.25) is 0 Å². The van der Waals surface area contributed by atoms with Gasteiger partial charge in [0.25, 0.3) is 11.7 Å². The minimum atomic E-state index is -0.598. The first-order valence-corrected chi connectivity index (χ1v) is 5.93. The van der Waals surface area contributed by atoms with Gasteiger partial charge in [0, 0.05) is 13.4 Å². The minimum Gasteiger partial charge on any atom is -0.317 e. The third kappa shape index (κ3) is 1.36. The van der Waals surface area contributed by atoms with E-state index in [1.165, 1.54) is 0 Å². The van der Waals surface area contributed by atoms with Crippen LogP contribution in [0.5, 0.6) is 0 Å². The van der Waals surface area contributed by atoms with Crippen molar-refractivity contribution in [2.45, 2.75) is 0 Å². The molecule has 14 heavy (non-hydrogen) atoms. The molecule has 6 heteroatoms. The van der Waals surface area contributed by atoms with Gasteiger partial charge in [-0.2, -0.15) is 0 Å². The smallest absolute Gasteiger partial charge is 0.296 e. The topological polar surface area (TPSA) is 46.2 Å². The van der Waals surface area contributed by atoms with Gasteiger partial charge in [-0.3, -0.25) is 9.59 Å². The number of halogens is 3. The van der Waals surface area contributed by atoms with Crippen molar-refractivity contribution in [2.75, 3.05) is 5.32 Å². The summed E-state index contributed by atoms with van der Waals surface area (Å²) in [5.41, 5.74) is 0.895. The summed E-state index contributed by atoms with van der Waals surface area (Å²) in [5, 5.41) is 2.50. The summed E-state index contributed by atoms with van der Waals surface area (Å²) < 4.78 is 2.01. The first-order chi connectivity index (χ1) is 6.52. The van der Waals surface area contributed by atoms with Crippen LogP contribution in [0.3, 0.4) is 0 Å². The average Bonchev–Trinajstić information content (AvgIpc) is 2.41. The second-order valence-electron chi connectivity index (χ2n) is 2.69. The zero-order valence-electron chi connectivity index (χ0n) is 6.53. The van der Waals surface area contributed by atoms with E-state index in [1.54, 1.807) is 6.07 Å². The summed E-state index contributed by atoms with van der Waals surface area (Å²) in [6.07, 6.45) is 0. The molecule has 1 amide bonds. The van der Waals surface area contributed by atoms with Gasteiger partial charge in [0.15, 0.2) is 0 Å². The molecule has 0 unspecified atom stereocenters. The Morgan fingerprint density at radius 3 is 2.36 bits per heavy atom. The van der Waals surface area contributed by atoms with E-state index in [0.717, 1.165) is 4.47 Å². The monoisotopic (exact) mass is 381 g/mol. The van der Waals surface area contributed by atoms with Crippen molar-refractivity contribution in [1.29, 1.82) is 0 Å². The van der Waals surface area contributed by atoms with Crippen LogP contribution in [0.1, 0.15) is 10.4 Å². The number of rotatable bonds is 0. The van der Waals surface area contributed by atoms with Crippen molar-refractivity contribution < 1.29 is 9.59 Å². The van der Waals surface area contributed by atoms with Gasteiger partial charge in [-0.15, -0.1) is 0 Å². The van der Waals surface area contributed by atoms with Crippen LogP contribution in [0.15, 0.2) is 19.5 Å². The van der Waals surface area contributed by atoms with Crippen molar-refractivity contribution in [3.8, 4) is 0 Å². The van der Waals surface area contributed by atoms with Crippen LogP contribution in [0.4, 0.5) is 5.69 Å². The maximum Gasteiger partial charge on any atom is 0.296 e. The maximum atomic E-state index is 11.4. The fourth-order valence-corrected chi connectivity index (χ4v) is 2.97. The zero-order valence-corrected chi connectivity index (χ0v) is 11.3. The van der Waals surface area contributed by atoms with Crippen LogP contribution in [-0.2, 0) is 4.79 Å². The Kier molecular flexibility index (Phi) is 2.53. The molecule has 0 atom stereocenters. The van der Waals surface area contributed by atoms with Gasteiger partial charge < -0.3 is 5.32 Å². The van der Waals surface area contributed by atoms with Crippen molar-refractivity contribution in [1.82, 2.24) is 0 Å². The summed E-state index contributed by atoms with van der Waals surface area (Å²) in [6, 6.07) is 1.77. The Morgan fingerprint density at radius 1 is 1.07 bits per heavy atom.